The lowest BCUT2D eigenvalue weighted by Gasteiger charge is -2.23. The molecule has 1 aromatic rings. The first-order chi connectivity index (χ1) is 10.3. The van der Waals surface area contributed by atoms with Gasteiger partial charge in [-0.25, -0.2) is 9.78 Å². The van der Waals surface area contributed by atoms with Gasteiger partial charge in [0.15, 0.2) is 0 Å². The lowest BCUT2D eigenvalue weighted by molar-refractivity contribution is 0.00624. The number of halogens is 1. The molecule has 1 fully saturated rings. The van der Waals surface area contributed by atoms with E-state index in [1.807, 2.05) is 20.8 Å². The number of carbonyl (C=O) groups is 1. The molecule has 0 aromatic carbocycles. The second kappa shape index (κ2) is 7.29. The summed E-state index contributed by atoms with van der Waals surface area (Å²) in [4.78, 5) is 16.2. The highest BCUT2D eigenvalue weighted by Crippen LogP contribution is 2.25. The molecule has 0 unspecified atom stereocenters. The molecule has 2 heterocycles. The van der Waals surface area contributed by atoms with Crippen LogP contribution in [0.1, 0.15) is 44.0 Å². The van der Waals surface area contributed by atoms with E-state index < -0.39 is 11.6 Å². The van der Waals surface area contributed by atoms with Crippen molar-refractivity contribution in [1.82, 2.24) is 4.98 Å². The molecule has 0 aliphatic carbocycles. The standard InChI is InChI=1S/C16H22ClNO4/c1-16(2,3)22-15(19)12-9-18-14(17)8-13(12)21-10-11-4-6-20-7-5-11/h8-9,11H,4-7,10H2,1-3H3. The summed E-state index contributed by atoms with van der Waals surface area (Å²) < 4.78 is 16.5. The molecule has 0 spiro atoms. The zero-order valence-corrected chi connectivity index (χ0v) is 14.0. The van der Waals surface area contributed by atoms with Gasteiger partial charge in [-0.3, -0.25) is 0 Å². The van der Waals surface area contributed by atoms with Crippen LogP contribution in [0, 0.1) is 5.92 Å². The second-order valence-corrected chi connectivity index (χ2v) is 6.76. The summed E-state index contributed by atoms with van der Waals surface area (Å²) in [7, 11) is 0. The van der Waals surface area contributed by atoms with E-state index in [0.717, 1.165) is 26.1 Å². The summed E-state index contributed by atoms with van der Waals surface area (Å²) in [5.74, 6) is 0.381. The summed E-state index contributed by atoms with van der Waals surface area (Å²) in [5, 5.41) is 0.286. The molecule has 6 heteroatoms. The zero-order chi connectivity index (χ0) is 16.2. The van der Waals surface area contributed by atoms with Gasteiger partial charge in [0.25, 0.3) is 0 Å². The van der Waals surface area contributed by atoms with E-state index in [9.17, 15) is 4.79 Å². The maximum atomic E-state index is 12.2. The molecule has 5 nitrogen and oxygen atoms in total. The minimum absolute atomic E-state index is 0.286. The molecular formula is C16H22ClNO4. The van der Waals surface area contributed by atoms with Crippen LogP contribution in [0.25, 0.3) is 0 Å². The number of ether oxygens (including phenoxy) is 3. The van der Waals surface area contributed by atoms with Gasteiger partial charge in [0.05, 0.1) is 6.61 Å². The largest absolute Gasteiger partial charge is 0.492 e. The molecule has 1 aliphatic heterocycles. The van der Waals surface area contributed by atoms with Crippen LogP contribution in [-0.4, -0.2) is 36.4 Å². The molecule has 0 N–H and O–H groups in total. The van der Waals surface area contributed by atoms with Crippen molar-refractivity contribution < 1.29 is 19.0 Å². The first-order valence-corrected chi connectivity index (χ1v) is 7.82. The van der Waals surface area contributed by atoms with Gasteiger partial charge in [-0.15, -0.1) is 0 Å². The van der Waals surface area contributed by atoms with Crippen LogP contribution in [0.5, 0.6) is 5.75 Å². The predicted molar refractivity (Wildman–Crippen MR) is 83.5 cm³/mol. The Kier molecular flexibility index (Phi) is 5.64. The van der Waals surface area contributed by atoms with Crippen LogP contribution in [0.15, 0.2) is 12.3 Å². The van der Waals surface area contributed by atoms with Crippen molar-refractivity contribution in [2.75, 3.05) is 19.8 Å². The van der Waals surface area contributed by atoms with Crippen LogP contribution in [-0.2, 0) is 9.47 Å². The van der Waals surface area contributed by atoms with E-state index >= 15 is 0 Å². The maximum absolute atomic E-state index is 12.2. The summed E-state index contributed by atoms with van der Waals surface area (Å²) in [6.07, 6.45) is 3.32. The number of aromatic nitrogens is 1. The van der Waals surface area contributed by atoms with Gasteiger partial charge >= 0.3 is 5.97 Å². The molecule has 0 bridgehead atoms. The number of rotatable bonds is 4. The van der Waals surface area contributed by atoms with Crippen molar-refractivity contribution in [1.29, 1.82) is 0 Å². The fourth-order valence-electron chi connectivity index (χ4n) is 2.14. The fraction of sp³-hybridized carbons (Fsp3) is 0.625. The van der Waals surface area contributed by atoms with Crippen molar-refractivity contribution in [3.05, 3.63) is 23.0 Å². The minimum atomic E-state index is -0.575. The molecule has 0 atom stereocenters. The van der Waals surface area contributed by atoms with Crippen LogP contribution >= 0.6 is 11.6 Å². The number of carbonyl (C=O) groups excluding carboxylic acids is 1. The van der Waals surface area contributed by atoms with Gasteiger partial charge in [-0.1, -0.05) is 11.6 Å². The van der Waals surface area contributed by atoms with E-state index in [2.05, 4.69) is 4.98 Å². The molecule has 122 valence electrons. The molecular weight excluding hydrogens is 306 g/mol. The fourth-order valence-corrected chi connectivity index (χ4v) is 2.29. The maximum Gasteiger partial charge on any atom is 0.344 e. The lowest BCUT2D eigenvalue weighted by atomic mass is 10.0. The van der Waals surface area contributed by atoms with Crippen molar-refractivity contribution in [3.63, 3.8) is 0 Å². The molecule has 2 rings (SSSR count). The number of pyridine rings is 1. The average molecular weight is 328 g/mol. The van der Waals surface area contributed by atoms with E-state index in [4.69, 9.17) is 25.8 Å². The number of hydrogen-bond acceptors (Lipinski definition) is 5. The molecule has 22 heavy (non-hydrogen) atoms. The molecule has 1 saturated heterocycles. The monoisotopic (exact) mass is 327 g/mol. The summed E-state index contributed by atoms with van der Waals surface area (Å²) in [5.41, 5.74) is -0.277. The molecule has 1 aromatic heterocycles. The van der Waals surface area contributed by atoms with Crippen molar-refractivity contribution in [2.24, 2.45) is 5.92 Å². The highest BCUT2D eigenvalue weighted by Gasteiger charge is 2.23. The van der Waals surface area contributed by atoms with Crippen LogP contribution < -0.4 is 4.74 Å². The molecule has 0 amide bonds. The third-order valence-corrected chi connectivity index (χ3v) is 3.47. The van der Waals surface area contributed by atoms with Crippen molar-refractivity contribution in [2.45, 2.75) is 39.2 Å². The lowest BCUT2D eigenvalue weighted by Crippen LogP contribution is -2.25. The highest BCUT2D eigenvalue weighted by atomic mass is 35.5. The molecule has 1 aliphatic rings. The quantitative estimate of drug-likeness (QED) is 0.626. The normalized spacial score (nSPS) is 16.4. The van der Waals surface area contributed by atoms with Crippen molar-refractivity contribution >= 4 is 17.6 Å². The Morgan fingerprint density at radius 2 is 2.09 bits per heavy atom. The van der Waals surface area contributed by atoms with E-state index in [1.54, 1.807) is 6.07 Å². The Labute approximate surface area is 135 Å². The smallest absolute Gasteiger partial charge is 0.344 e. The third kappa shape index (κ3) is 5.14. The summed E-state index contributed by atoms with van der Waals surface area (Å²) in [6, 6.07) is 1.56. The molecule has 0 saturated carbocycles. The van der Waals surface area contributed by atoms with Crippen LogP contribution in [0.2, 0.25) is 5.15 Å². The van der Waals surface area contributed by atoms with Gasteiger partial charge in [-0.2, -0.15) is 0 Å². The Bertz CT molecular complexity index is 521. The average Bonchev–Trinajstić information content (AvgIpc) is 2.44. The Hall–Kier alpha value is -1.33. The summed E-state index contributed by atoms with van der Waals surface area (Å²) >= 11 is 5.91. The van der Waals surface area contributed by atoms with Crippen LogP contribution in [0.4, 0.5) is 0 Å². The van der Waals surface area contributed by atoms with E-state index in [0.29, 0.717) is 23.8 Å². The number of nitrogens with zero attached hydrogens (tertiary/aromatic N) is 1. The number of hydrogen-bond donors (Lipinski definition) is 0. The van der Waals surface area contributed by atoms with Crippen molar-refractivity contribution in [3.8, 4) is 5.75 Å². The Balaban J connectivity index is 2.08. The van der Waals surface area contributed by atoms with Crippen LogP contribution in [0.3, 0.4) is 0 Å². The topological polar surface area (TPSA) is 57.7 Å². The predicted octanol–water partition coefficient (Wildman–Crippen LogP) is 3.50. The second-order valence-electron chi connectivity index (χ2n) is 6.37. The first kappa shape index (κ1) is 17.0. The SMILES string of the molecule is CC(C)(C)OC(=O)c1cnc(Cl)cc1OCC1CCOCC1. The Morgan fingerprint density at radius 1 is 1.41 bits per heavy atom. The van der Waals surface area contributed by atoms with E-state index in [-0.39, 0.29) is 5.15 Å². The number of esters is 1. The van der Waals surface area contributed by atoms with Gasteiger partial charge in [0.1, 0.15) is 22.1 Å². The Morgan fingerprint density at radius 3 is 2.73 bits per heavy atom. The first-order valence-electron chi connectivity index (χ1n) is 7.44. The summed E-state index contributed by atoms with van der Waals surface area (Å²) in [6.45, 7) is 7.48. The van der Waals surface area contributed by atoms with Gasteiger partial charge < -0.3 is 14.2 Å². The highest BCUT2D eigenvalue weighted by molar-refractivity contribution is 6.29. The van der Waals surface area contributed by atoms with Gasteiger partial charge in [-0.05, 0) is 39.5 Å². The third-order valence-electron chi connectivity index (χ3n) is 3.27. The van der Waals surface area contributed by atoms with Gasteiger partial charge in [0, 0.05) is 25.5 Å². The van der Waals surface area contributed by atoms with E-state index in [1.165, 1.54) is 6.20 Å². The minimum Gasteiger partial charge on any atom is -0.492 e. The van der Waals surface area contributed by atoms with Gasteiger partial charge in [0.2, 0.25) is 0 Å². The molecule has 0 radical (unpaired) electrons. The zero-order valence-electron chi connectivity index (χ0n) is 13.2.